The molecule has 0 amide bonds. The minimum Gasteiger partial charge on any atom is -0.497 e. The Bertz CT molecular complexity index is 398. The molecule has 0 N–H and O–H groups in total. The zero-order valence-corrected chi connectivity index (χ0v) is 13.5. The van der Waals surface area contributed by atoms with Crippen molar-refractivity contribution in [3.8, 4) is 5.75 Å². The van der Waals surface area contributed by atoms with E-state index in [9.17, 15) is 0 Å². The van der Waals surface area contributed by atoms with Crippen LogP contribution >= 0.6 is 9.03 Å². The van der Waals surface area contributed by atoms with E-state index in [1.54, 1.807) is 14.2 Å². The lowest BCUT2D eigenvalue weighted by molar-refractivity contribution is -0.0614. The molecule has 3 atom stereocenters. The molecule has 21 heavy (non-hydrogen) atoms. The summed E-state index contributed by atoms with van der Waals surface area (Å²) in [7, 11) is 3.44. The van der Waals surface area contributed by atoms with Gasteiger partial charge in [-0.2, -0.15) is 0 Å². The molecule has 0 radical (unpaired) electrons. The number of hydrogen-bond acceptors (Lipinski definition) is 5. The van der Waals surface area contributed by atoms with Crippen LogP contribution in [0.4, 0.5) is 0 Å². The summed E-state index contributed by atoms with van der Waals surface area (Å²) in [5.74, 6) is 0.838. The summed E-state index contributed by atoms with van der Waals surface area (Å²) in [6.45, 7) is 1.39. The van der Waals surface area contributed by atoms with E-state index in [2.05, 4.69) is 0 Å². The van der Waals surface area contributed by atoms with Crippen molar-refractivity contribution in [3.05, 3.63) is 29.8 Å². The Balaban J connectivity index is 1.65. The first-order chi connectivity index (χ1) is 10.3. The molecular weight excluding hydrogens is 291 g/mol. The van der Waals surface area contributed by atoms with E-state index >= 15 is 0 Å². The summed E-state index contributed by atoms with van der Waals surface area (Å²) < 4.78 is 26.9. The third-order valence-corrected chi connectivity index (χ3v) is 3.79. The molecule has 1 saturated heterocycles. The van der Waals surface area contributed by atoms with Gasteiger partial charge >= 0.3 is 0 Å². The number of hydrogen-bond donors (Lipinski definition) is 0. The molecule has 0 spiro atoms. The van der Waals surface area contributed by atoms with Crippen LogP contribution in [0.5, 0.6) is 5.75 Å². The van der Waals surface area contributed by atoms with E-state index in [4.69, 9.17) is 23.3 Å². The van der Waals surface area contributed by atoms with Gasteiger partial charge in [0, 0.05) is 12.7 Å². The van der Waals surface area contributed by atoms with E-state index in [-0.39, 0.29) is 21.4 Å². The first-order valence-corrected chi connectivity index (χ1v) is 7.96. The number of methoxy groups -OCH3 is 1. The second-order valence-electron chi connectivity index (χ2n) is 4.83. The number of benzene rings is 1. The molecule has 1 aliphatic rings. The second-order valence-corrected chi connectivity index (χ2v) is 5.69. The normalized spacial score (nSPS) is 22.2. The van der Waals surface area contributed by atoms with Crippen molar-refractivity contribution in [2.24, 2.45) is 0 Å². The molecule has 2 rings (SSSR count). The molecule has 3 unspecified atom stereocenters. The monoisotopic (exact) mass is 314 g/mol. The lowest BCUT2D eigenvalue weighted by atomic mass is 10.2. The molecule has 1 aromatic carbocycles. The summed E-state index contributed by atoms with van der Waals surface area (Å²) in [4.78, 5) is 0. The molecule has 6 heteroatoms. The maximum atomic E-state index is 5.92. The first kappa shape index (κ1) is 16.7. The highest BCUT2D eigenvalue weighted by Gasteiger charge is 2.26. The Morgan fingerprint density at radius 1 is 1.19 bits per heavy atom. The zero-order valence-electron chi connectivity index (χ0n) is 12.5. The van der Waals surface area contributed by atoms with Gasteiger partial charge in [-0.25, -0.2) is 0 Å². The van der Waals surface area contributed by atoms with Crippen LogP contribution in [0.15, 0.2) is 24.3 Å². The third-order valence-electron chi connectivity index (χ3n) is 3.30. The van der Waals surface area contributed by atoms with Crippen molar-refractivity contribution in [3.63, 3.8) is 0 Å². The molecule has 1 fully saturated rings. The van der Waals surface area contributed by atoms with Gasteiger partial charge in [0.25, 0.3) is 0 Å². The maximum Gasteiger partial charge on any atom is 0.184 e. The highest BCUT2D eigenvalue weighted by Crippen LogP contribution is 2.30. The van der Waals surface area contributed by atoms with Gasteiger partial charge in [0.15, 0.2) is 15.3 Å². The molecule has 5 nitrogen and oxygen atoms in total. The number of unbranched alkanes of at least 4 members (excludes halogenated alkanes) is 1. The smallest absolute Gasteiger partial charge is 0.184 e. The Hall–Kier alpha value is -0.710. The van der Waals surface area contributed by atoms with Crippen LogP contribution in [0.2, 0.25) is 0 Å². The zero-order chi connectivity index (χ0) is 14.9. The molecule has 1 heterocycles. The molecule has 0 aromatic heterocycles. The second kappa shape index (κ2) is 9.34. The third kappa shape index (κ3) is 5.53. The predicted molar refractivity (Wildman–Crippen MR) is 81.7 cm³/mol. The maximum absolute atomic E-state index is 5.92. The predicted octanol–water partition coefficient (Wildman–Crippen LogP) is 3.45. The fraction of sp³-hybridized carbons (Fsp3) is 0.600. The van der Waals surface area contributed by atoms with E-state index in [0.717, 1.165) is 37.2 Å². The van der Waals surface area contributed by atoms with Crippen molar-refractivity contribution in [2.75, 3.05) is 27.4 Å². The Labute approximate surface area is 127 Å². The van der Waals surface area contributed by atoms with Gasteiger partial charge in [0.1, 0.15) is 5.75 Å². The quantitative estimate of drug-likeness (QED) is 0.516. The Morgan fingerprint density at radius 3 is 2.71 bits per heavy atom. The summed E-state index contributed by atoms with van der Waals surface area (Å²) in [6.07, 6.45) is 2.99. The molecule has 0 aliphatic carbocycles. The Kier molecular flexibility index (Phi) is 7.41. The summed E-state index contributed by atoms with van der Waals surface area (Å²) in [5.41, 5.74) is 1.03. The van der Waals surface area contributed by atoms with Gasteiger partial charge in [0.2, 0.25) is 0 Å². The molecule has 1 aliphatic heterocycles. The molecular formula is C15H23O5P. The minimum absolute atomic E-state index is 0.143. The van der Waals surface area contributed by atoms with Gasteiger partial charge in [-0.15, -0.1) is 0 Å². The number of ether oxygens (including phenoxy) is 3. The van der Waals surface area contributed by atoms with E-state index in [1.165, 1.54) is 0 Å². The van der Waals surface area contributed by atoms with E-state index < -0.39 is 0 Å². The lowest BCUT2D eigenvalue weighted by Gasteiger charge is -2.12. The first-order valence-electron chi connectivity index (χ1n) is 7.14. The van der Waals surface area contributed by atoms with Crippen LogP contribution in [-0.2, 0) is 18.5 Å². The van der Waals surface area contributed by atoms with Crippen molar-refractivity contribution in [2.45, 2.75) is 31.7 Å². The van der Waals surface area contributed by atoms with Crippen molar-refractivity contribution in [1.82, 2.24) is 0 Å². The van der Waals surface area contributed by atoms with Crippen LogP contribution in [0, 0.1) is 0 Å². The number of rotatable bonds is 9. The summed E-state index contributed by atoms with van der Waals surface area (Å²) >= 11 is 0. The summed E-state index contributed by atoms with van der Waals surface area (Å²) in [5, 5.41) is 0. The standard InChI is InChI=1S/C15H23O5P/c1-16-13-8-6-12(7-9-13)15-18-11-14(20-15)5-3-4-10-19-21-17-2/h6-9,14-15,21H,3-5,10-11H2,1-2H3. The van der Waals surface area contributed by atoms with Gasteiger partial charge in [-0.1, -0.05) is 12.1 Å². The molecule has 0 bridgehead atoms. The lowest BCUT2D eigenvalue weighted by Crippen LogP contribution is -2.09. The van der Waals surface area contributed by atoms with Crippen LogP contribution in [0.3, 0.4) is 0 Å². The minimum atomic E-state index is -0.257. The molecule has 118 valence electrons. The highest BCUT2D eigenvalue weighted by molar-refractivity contribution is 7.26. The van der Waals surface area contributed by atoms with E-state index in [0.29, 0.717) is 6.61 Å². The van der Waals surface area contributed by atoms with Crippen LogP contribution in [-0.4, -0.2) is 33.5 Å². The molecule has 1 aromatic rings. The Morgan fingerprint density at radius 2 is 2.00 bits per heavy atom. The average molecular weight is 314 g/mol. The largest absolute Gasteiger partial charge is 0.497 e. The van der Waals surface area contributed by atoms with Crippen molar-refractivity contribution in [1.29, 1.82) is 0 Å². The fourth-order valence-corrected chi connectivity index (χ4v) is 2.53. The van der Waals surface area contributed by atoms with Gasteiger partial charge in [-0.3, -0.25) is 0 Å². The fourth-order valence-electron chi connectivity index (χ4n) is 2.18. The average Bonchev–Trinajstić information content (AvgIpc) is 3.00. The van der Waals surface area contributed by atoms with Crippen LogP contribution in [0.1, 0.15) is 31.1 Å². The van der Waals surface area contributed by atoms with Gasteiger partial charge < -0.3 is 23.3 Å². The topological polar surface area (TPSA) is 46.2 Å². The van der Waals surface area contributed by atoms with E-state index in [1.807, 2.05) is 24.3 Å². The molecule has 0 saturated carbocycles. The van der Waals surface area contributed by atoms with Crippen molar-refractivity contribution >= 4 is 9.03 Å². The summed E-state index contributed by atoms with van der Waals surface area (Å²) in [6, 6.07) is 7.80. The van der Waals surface area contributed by atoms with Gasteiger partial charge in [0.05, 0.1) is 26.4 Å². The van der Waals surface area contributed by atoms with Gasteiger partial charge in [-0.05, 0) is 31.4 Å². The van der Waals surface area contributed by atoms with Crippen molar-refractivity contribution < 1.29 is 23.3 Å². The van der Waals surface area contributed by atoms with Crippen LogP contribution < -0.4 is 4.74 Å². The van der Waals surface area contributed by atoms with Crippen LogP contribution in [0.25, 0.3) is 0 Å². The highest BCUT2D eigenvalue weighted by atomic mass is 31.1. The SMILES string of the molecule is COPOCCCCC1COC(c2ccc(OC)cc2)O1.